The highest BCUT2D eigenvalue weighted by Crippen LogP contribution is 2.14. The van der Waals surface area contributed by atoms with Crippen molar-refractivity contribution in [1.82, 2.24) is 5.32 Å². The Labute approximate surface area is 135 Å². The number of hydrogen-bond donors (Lipinski definition) is 2. The smallest absolute Gasteiger partial charge is 0.326 e. The van der Waals surface area contributed by atoms with Crippen LogP contribution in [0.15, 0.2) is 24.3 Å². The number of rotatable bonds is 10. The molecule has 1 amide bonds. The van der Waals surface area contributed by atoms with Gasteiger partial charge < -0.3 is 24.6 Å². The molecular formula is C16H23NO6. The molecule has 128 valence electrons. The van der Waals surface area contributed by atoms with Crippen LogP contribution >= 0.6 is 0 Å². The highest BCUT2D eigenvalue weighted by molar-refractivity contribution is 5.86. The second-order valence-corrected chi connectivity index (χ2v) is 4.99. The standard InChI is InChI=1S/C16H23NO6/c1-11(15(18)17-14(16(19)20)7-8-21-2)23-10-12-5-4-6-13(9-12)22-3/h4-6,9,11,14H,7-8,10H2,1-3H3,(H,17,18)(H,19,20). The number of hydrogen-bond acceptors (Lipinski definition) is 5. The fourth-order valence-electron chi connectivity index (χ4n) is 1.84. The second-order valence-electron chi connectivity index (χ2n) is 4.99. The van der Waals surface area contributed by atoms with Crippen molar-refractivity contribution >= 4 is 11.9 Å². The van der Waals surface area contributed by atoms with E-state index >= 15 is 0 Å². The average molecular weight is 325 g/mol. The van der Waals surface area contributed by atoms with Crippen LogP contribution in [0.25, 0.3) is 0 Å². The van der Waals surface area contributed by atoms with Crippen LogP contribution in [0.1, 0.15) is 18.9 Å². The van der Waals surface area contributed by atoms with Crippen molar-refractivity contribution in [2.75, 3.05) is 20.8 Å². The molecule has 0 saturated heterocycles. The van der Waals surface area contributed by atoms with Crippen molar-refractivity contribution in [3.63, 3.8) is 0 Å². The lowest BCUT2D eigenvalue weighted by atomic mass is 10.2. The van der Waals surface area contributed by atoms with Gasteiger partial charge in [-0.3, -0.25) is 4.79 Å². The summed E-state index contributed by atoms with van der Waals surface area (Å²) in [7, 11) is 3.04. The van der Waals surface area contributed by atoms with Gasteiger partial charge in [-0.1, -0.05) is 12.1 Å². The molecule has 0 saturated carbocycles. The lowest BCUT2D eigenvalue weighted by molar-refractivity contribution is -0.144. The Morgan fingerprint density at radius 2 is 2.04 bits per heavy atom. The van der Waals surface area contributed by atoms with Gasteiger partial charge in [-0.05, 0) is 24.6 Å². The van der Waals surface area contributed by atoms with Crippen LogP contribution in [0.3, 0.4) is 0 Å². The molecule has 0 spiro atoms. The summed E-state index contributed by atoms with van der Waals surface area (Å²) in [6, 6.07) is 6.31. The maximum absolute atomic E-state index is 12.0. The SMILES string of the molecule is COCCC(NC(=O)C(C)OCc1cccc(OC)c1)C(=O)O. The van der Waals surface area contributed by atoms with Gasteiger partial charge in [0.25, 0.3) is 0 Å². The third kappa shape index (κ3) is 6.66. The number of carboxylic acids is 1. The number of methoxy groups -OCH3 is 2. The van der Waals surface area contributed by atoms with Gasteiger partial charge in [-0.25, -0.2) is 4.79 Å². The first kappa shape index (κ1) is 18.9. The van der Waals surface area contributed by atoms with Gasteiger partial charge in [0, 0.05) is 20.1 Å². The lowest BCUT2D eigenvalue weighted by Gasteiger charge is -2.18. The number of ether oxygens (including phenoxy) is 3. The Balaban J connectivity index is 2.50. The molecule has 7 heteroatoms. The maximum Gasteiger partial charge on any atom is 0.326 e. The van der Waals surface area contributed by atoms with E-state index in [0.29, 0.717) is 5.75 Å². The molecule has 2 atom stereocenters. The first-order chi connectivity index (χ1) is 11.0. The number of carbonyl (C=O) groups excluding carboxylic acids is 1. The van der Waals surface area contributed by atoms with E-state index in [0.717, 1.165) is 5.56 Å². The molecule has 0 fully saturated rings. The number of aliphatic carboxylic acids is 1. The van der Waals surface area contributed by atoms with E-state index < -0.39 is 24.0 Å². The summed E-state index contributed by atoms with van der Waals surface area (Å²) < 4.78 is 15.4. The minimum absolute atomic E-state index is 0.195. The Kier molecular flexibility index (Phi) is 8.07. The maximum atomic E-state index is 12.0. The number of carboxylic acid groups (broad SMARTS) is 1. The van der Waals surface area contributed by atoms with Crippen LogP contribution in [0, 0.1) is 0 Å². The lowest BCUT2D eigenvalue weighted by Crippen LogP contribution is -2.45. The summed E-state index contributed by atoms with van der Waals surface area (Å²) in [6.45, 7) is 2.04. The van der Waals surface area contributed by atoms with Crippen molar-refractivity contribution in [2.24, 2.45) is 0 Å². The van der Waals surface area contributed by atoms with E-state index in [4.69, 9.17) is 19.3 Å². The quantitative estimate of drug-likeness (QED) is 0.671. The van der Waals surface area contributed by atoms with Crippen molar-refractivity contribution in [3.8, 4) is 5.75 Å². The Morgan fingerprint density at radius 3 is 2.65 bits per heavy atom. The molecule has 0 heterocycles. The average Bonchev–Trinajstić information content (AvgIpc) is 2.56. The number of amides is 1. The second kappa shape index (κ2) is 9.81. The zero-order valence-electron chi connectivity index (χ0n) is 13.6. The van der Waals surface area contributed by atoms with E-state index in [2.05, 4.69) is 5.32 Å². The molecule has 0 aliphatic rings. The van der Waals surface area contributed by atoms with E-state index in [-0.39, 0.29) is 19.6 Å². The molecule has 1 aromatic rings. The van der Waals surface area contributed by atoms with Gasteiger partial charge in [-0.15, -0.1) is 0 Å². The summed E-state index contributed by atoms with van der Waals surface area (Å²) in [5, 5.41) is 11.5. The highest BCUT2D eigenvalue weighted by atomic mass is 16.5. The van der Waals surface area contributed by atoms with Gasteiger partial charge >= 0.3 is 5.97 Å². The molecular weight excluding hydrogens is 302 g/mol. The van der Waals surface area contributed by atoms with Crippen LogP contribution in [0.4, 0.5) is 0 Å². The molecule has 1 aromatic carbocycles. The van der Waals surface area contributed by atoms with Crippen molar-refractivity contribution < 1.29 is 28.9 Å². The van der Waals surface area contributed by atoms with E-state index in [1.807, 2.05) is 24.3 Å². The van der Waals surface area contributed by atoms with Crippen LogP contribution in [-0.2, 0) is 25.7 Å². The molecule has 7 nitrogen and oxygen atoms in total. The number of nitrogens with one attached hydrogen (secondary N) is 1. The van der Waals surface area contributed by atoms with Crippen LogP contribution in [-0.4, -0.2) is 50.0 Å². The number of benzene rings is 1. The van der Waals surface area contributed by atoms with Gasteiger partial charge in [0.15, 0.2) is 0 Å². The molecule has 0 aliphatic carbocycles. The van der Waals surface area contributed by atoms with Crippen molar-refractivity contribution in [3.05, 3.63) is 29.8 Å². The predicted octanol–water partition coefficient (Wildman–Crippen LogP) is 1.21. The zero-order chi connectivity index (χ0) is 17.2. The predicted molar refractivity (Wildman–Crippen MR) is 83.3 cm³/mol. The zero-order valence-corrected chi connectivity index (χ0v) is 13.6. The van der Waals surface area contributed by atoms with Crippen LogP contribution in [0.2, 0.25) is 0 Å². The number of carbonyl (C=O) groups is 2. The largest absolute Gasteiger partial charge is 0.497 e. The van der Waals surface area contributed by atoms with Crippen LogP contribution < -0.4 is 10.1 Å². The van der Waals surface area contributed by atoms with Crippen LogP contribution in [0.5, 0.6) is 5.75 Å². The van der Waals surface area contributed by atoms with E-state index in [1.165, 1.54) is 7.11 Å². The van der Waals surface area contributed by atoms with Crippen molar-refractivity contribution in [1.29, 1.82) is 0 Å². The monoisotopic (exact) mass is 325 g/mol. The van der Waals surface area contributed by atoms with Gasteiger partial charge in [-0.2, -0.15) is 0 Å². The van der Waals surface area contributed by atoms with E-state index in [9.17, 15) is 9.59 Å². The molecule has 0 bridgehead atoms. The molecule has 0 radical (unpaired) electrons. The van der Waals surface area contributed by atoms with Gasteiger partial charge in [0.2, 0.25) is 5.91 Å². The Hall–Kier alpha value is -2.12. The summed E-state index contributed by atoms with van der Waals surface area (Å²) in [5.41, 5.74) is 0.859. The highest BCUT2D eigenvalue weighted by Gasteiger charge is 2.23. The fourth-order valence-corrected chi connectivity index (χ4v) is 1.84. The fraction of sp³-hybridized carbons (Fsp3) is 0.500. The molecule has 2 N–H and O–H groups in total. The summed E-state index contributed by atoms with van der Waals surface area (Å²) in [5.74, 6) is -0.875. The summed E-state index contributed by atoms with van der Waals surface area (Å²) in [6.07, 6.45) is -0.578. The molecule has 0 aliphatic heterocycles. The minimum atomic E-state index is -1.10. The normalized spacial score (nSPS) is 13.2. The summed E-state index contributed by atoms with van der Waals surface area (Å²) >= 11 is 0. The van der Waals surface area contributed by atoms with Gasteiger partial charge in [0.05, 0.1) is 13.7 Å². The topological polar surface area (TPSA) is 94.1 Å². The first-order valence-electron chi connectivity index (χ1n) is 7.24. The molecule has 1 rings (SSSR count). The molecule has 23 heavy (non-hydrogen) atoms. The minimum Gasteiger partial charge on any atom is -0.497 e. The Bertz CT molecular complexity index is 519. The van der Waals surface area contributed by atoms with Gasteiger partial charge in [0.1, 0.15) is 17.9 Å². The summed E-state index contributed by atoms with van der Waals surface area (Å²) in [4.78, 5) is 23.1. The molecule has 0 aromatic heterocycles. The molecule has 2 unspecified atom stereocenters. The van der Waals surface area contributed by atoms with E-state index in [1.54, 1.807) is 14.0 Å². The third-order valence-electron chi connectivity index (χ3n) is 3.23. The third-order valence-corrected chi connectivity index (χ3v) is 3.23. The Morgan fingerprint density at radius 1 is 1.30 bits per heavy atom. The first-order valence-corrected chi connectivity index (χ1v) is 7.24. The van der Waals surface area contributed by atoms with Crippen molar-refractivity contribution in [2.45, 2.75) is 32.1 Å².